The summed E-state index contributed by atoms with van der Waals surface area (Å²) in [7, 11) is 0. The molecule has 0 unspecified atom stereocenters. The lowest BCUT2D eigenvalue weighted by Gasteiger charge is -2.32. The Kier molecular flexibility index (Phi) is 6.78. The van der Waals surface area contributed by atoms with E-state index < -0.39 is 0 Å². The summed E-state index contributed by atoms with van der Waals surface area (Å²) in [5, 5.41) is 2.99. The number of piperidine rings is 1. The molecule has 4 heteroatoms. The van der Waals surface area contributed by atoms with Crippen molar-refractivity contribution in [2.24, 2.45) is 5.92 Å². The zero-order valence-electron chi connectivity index (χ0n) is 15.7. The van der Waals surface area contributed by atoms with Crippen LogP contribution in [0, 0.1) is 12.8 Å². The predicted octanol–water partition coefficient (Wildman–Crippen LogP) is 3.46. The Hall–Kier alpha value is -2.20. The van der Waals surface area contributed by atoms with E-state index in [1.165, 1.54) is 36.8 Å². The van der Waals surface area contributed by atoms with Crippen molar-refractivity contribution in [1.82, 2.24) is 15.2 Å². The van der Waals surface area contributed by atoms with E-state index in [9.17, 15) is 4.79 Å². The van der Waals surface area contributed by atoms with Crippen LogP contribution in [-0.2, 0) is 6.42 Å². The smallest absolute Gasteiger partial charge is 0.252 e. The fourth-order valence-electron chi connectivity index (χ4n) is 3.68. The molecule has 1 fully saturated rings. The van der Waals surface area contributed by atoms with Gasteiger partial charge in [0.2, 0.25) is 0 Å². The van der Waals surface area contributed by atoms with Crippen LogP contribution in [0.15, 0.2) is 48.8 Å². The molecule has 0 bridgehead atoms. The molecular weight excluding hydrogens is 322 g/mol. The Bertz CT molecular complexity index is 694. The van der Waals surface area contributed by atoms with E-state index in [1.807, 2.05) is 0 Å². The monoisotopic (exact) mass is 351 g/mol. The first-order valence-electron chi connectivity index (χ1n) is 9.67. The summed E-state index contributed by atoms with van der Waals surface area (Å²) in [5.74, 6) is 0.794. The van der Waals surface area contributed by atoms with Crippen molar-refractivity contribution in [1.29, 1.82) is 0 Å². The first-order chi connectivity index (χ1) is 12.7. The summed E-state index contributed by atoms with van der Waals surface area (Å²) in [6.45, 7) is 6.11. The molecule has 0 aliphatic carbocycles. The van der Waals surface area contributed by atoms with E-state index in [4.69, 9.17) is 0 Å². The Morgan fingerprint density at radius 1 is 1.19 bits per heavy atom. The maximum absolute atomic E-state index is 12.0. The van der Waals surface area contributed by atoms with Crippen molar-refractivity contribution in [3.63, 3.8) is 0 Å². The SMILES string of the molecule is Cc1ccccc1CCC1CCN(CCNC(=O)c2cccnc2)CC1. The highest BCUT2D eigenvalue weighted by Crippen LogP contribution is 2.23. The van der Waals surface area contributed by atoms with Crippen molar-refractivity contribution in [3.8, 4) is 0 Å². The van der Waals surface area contributed by atoms with Gasteiger partial charge in [0.05, 0.1) is 5.56 Å². The number of carbonyl (C=O) groups excluding carboxylic acids is 1. The zero-order chi connectivity index (χ0) is 18.2. The van der Waals surface area contributed by atoms with Crippen molar-refractivity contribution < 1.29 is 4.79 Å². The maximum atomic E-state index is 12.0. The van der Waals surface area contributed by atoms with E-state index in [2.05, 4.69) is 46.4 Å². The summed E-state index contributed by atoms with van der Waals surface area (Å²) in [6.07, 6.45) is 8.30. The first kappa shape index (κ1) is 18.6. The van der Waals surface area contributed by atoms with E-state index >= 15 is 0 Å². The van der Waals surface area contributed by atoms with Crippen LogP contribution in [0.1, 0.15) is 40.7 Å². The van der Waals surface area contributed by atoms with Gasteiger partial charge in [-0.25, -0.2) is 0 Å². The average molecular weight is 351 g/mol. The Morgan fingerprint density at radius 3 is 2.73 bits per heavy atom. The number of amides is 1. The number of carbonyl (C=O) groups is 1. The standard InChI is InChI=1S/C22H29N3O/c1-18-5-2-3-6-20(18)9-8-19-10-14-25(15-11-19)16-13-24-22(26)21-7-4-12-23-17-21/h2-7,12,17,19H,8-11,13-16H2,1H3,(H,24,26). The molecule has 1 amide bonds. The molecule has 1 saturated heterocycles. The molecule has 138 valence electrons. The Labute approximate surface area is 156 Å². The number of aromatic nitrogens is 1. The van der Waals surface area contributed by atoms with E-state index in [-0.39, 0.29) is 5.91 Å². The number of nitrogens with one attached hydrogen (secondary N) is 1. The number of pyridine rings is 1. The molecule has 3 rings (SSSR count). The number of rotatable bonds is 7. The molecule has 0 atom stereocenters. The van der Waals surface area contributed by atoms with Gasteiger partial charge in [0.15, 0.2) is 0 Å². The summed E-state index contributed by atoms with van der Waals surface area (Å²) in [6, 6.07) is 12.3. The van der Waals surface area contributed by atoms with Crippen LogP contribution < -0.4 is 5.32 Å². The van der Waals surface area contributed by atoms with Gasteiger partial charge in [0.1, 0.15) is 0 Å². The highest BCUT2D eigenvalue weighted by atomic mass is 16.1. The second-order valence-corrected chi connectivity index (χ2v) is 7.25. The van der Waals surface area contributed by atoms with Gasteiger partial charge in [-0.15, -0.1) is 0 Å². The third kappa shape index (κ3) is 5.40. The summed E-state index contributed by atoms with van der Waals surface area (Å²) in [4.78, 5) is 18.5. The molecule has 4 nitrogen and oxygen atoms in total. The van der Waals surface area contributed by atoms with Crippen LogP contribution in [0.25, 0.3) is 0 Å². The summed E-state index contributed by atoms with van der Waals surface area (Å²) >= 11 is 0. The molecule has 1 aliphatic rings. The molecule has 2 heterocycles. The van der Waals surface area contributed by atoms with Crippen molar-refractivity contribution in [3.05, 3.63) is 65.5 Å². The molecular formula is C22H29N3O. The van der Waals surface area contributed by atoms with Gasteiger partial charge in [0, 0.05) is 25.5 Å². The Balaban J connectivity index is 1.32. The van der Waals surface area contributed by atoms with E-state index in [0.717, 1.165) is 25.6 Å². The highest BCUT2D eigenvalue weighted by molar-refractivity contribution is 5.93. The fourth-order valence-corrected chi connectivity index (χ4v) is 3.68. The summed E-state index contributed by atoms with van der Waals surface area (Å²) < 4.78 is 0. The Morgan fingerprint density at radius 2 is 2.00 bits per heavy atom. The molecule has 1 aromatic carbocycles. The molecule has 0 spiro atoms. The molecule has 0 radical (unpaired) electrons. The van der Waals surface area contributed by atoms with E-state index in [1.54, 1.807) is 24.5 Å². The van der Waals surface area contributed by atoms with Gasteiger partial charge in [-0.3, -0.25) is 9.78 Å². The topological polar surface area (TPSA) is 45.2 Å². The third-order valence-electron chi connectivity index (χ3n) is 5.43. The van der Waals surface area contributed by atoms with Gasteiger partial charge in [0.25, 0.3) is 5.91 Å². The second-order valence-electron chi connectivity index (χ2n) is 7.25. The van der Waals surface area contributed by atoms with Crippen LogP contribution in [0.4, 0.5) is 0 Å². The van der Waals surface area contributed by atoms with E-state index in [0.29, 0.717) is 12.1 Å². The fraction of sp³-hybridized carbons (Fsp3) is 0.455. The van der Waals surface area contributed by atoms with Gasteiger partial charge in [-0.2, -0.15) is 0 Å². The first-order valence-corrected chi connectivity index (χ1v) is 9.67. The molecule has 2 aromatic rings. The second kappa shape index (κ2) is 9.48. The number of hydrogen-bond acceptors (Lipinski definition) is 3. The van der Waals surface area contributed by atoms with Crippen LogP contribution in [0.5, 0.6) is 0 Å². The maximum Gasteiger partial charge on any atom is 0.252 e. The van der Waals surface area contributed by atoms with Crippen LogP contribution >= 0.6 is 0 Å². The lowest BCUT2D eigenvalue weighted by Crippen LogP contribution is -2.39. The zero-order valence-corrected chi connectivity index (χ0v) is 15.7. The number of nitrogens with zero attached hydrogens (tertiary/aromatic N) is 2. The minimum absolute atomic E-state index is 0.0359. The molecule has 26 heavy (non-hydrogen) atoms. The molecule has 1 N–H and O–H groups in total. The van der Waals surface area contributed by atoms with Gasteiger partial charge in [-0.05, 0) is 74.9 Å². The lowest BCUT2D eigenvalue weighted by atomic mass is 9.89. The van der Waals surface area contributed by atoms with Gasteiger partial charge in [-0.1, -0.05) is 24.3 Å². The van der Waals surface area contributed by atoms with Gasteiger partial charge < -0.3 is 10.2 Å². The van der Waals surface area contributed by atoms with Crippen LogP contribution in [0.2, 0.25) is 0 Å². The van der Waals surface area contributed by atoms with Crippen molar-refractivity contribution in [2.45, 2.75) is 32.6 Å². The molecule has 1 aromatic heterocycles. The van der Waals surface area contributed by atoms with Crippen LogP contribution in [-0.4, -0.2) is 42.0 Å². The molecule has 0 saturated carbocycles. The quantitative estimate of drug-likeness (QED) is 0.831. The predicted molar refractivity (Wildman–Crippen MR) is 105 cm³/mol. The number of likely N-dealkylation sites (tertiary alicyclic amines) is 1. The van der Waals surface area contributed by atoms with Crippen molar-refractivity contribution in [2.75, 3.05) is 26.2 Å². The molecule has 1 aliphatic heterocycles. The number of hydrogen-bond donors (Lipinski definition) is 1. The third-order valence-corrected chi connectivity index (χ3v) is 5.43. The van der Waals surface area contributed by atoms with Gasteiger partial charge >= 0.3 is 0 Å². The minimum atomic E-state index is -0.0359. The largest absolute Gasteiger partial charge is 0.351 e. The minimum Gasteiger partial charge on any atom is -0.351 e. The number of benzene rings is 1. The highest BCUT2D eigenvalue weighted by Gasteiger charge is 2.19. The average Bonchev–Trinajstić information content (AvgIpc) is 2.69. The van der Waals surface area contributed by atoms with Crippen LogP contribution in [0.3, 0.4) is 0 Å². The van der Waals surface area contributed by atoms with Crippen molar-refractivity contribution >= 4 is 5.91 Å². The number of aryl methyl sites for hydroxylation is 2. The lowest BCUT2D eigenvalue weighted by molar-refractivity contribution is 0.0943. The summed E-state index contributed by atoms with van der Waals surface area (Å²) in [5.41, 5.74) is 3.53. The normalized spacial score (nSPS) is 15.7.